The maximum absolute atomic E-state index is 12.7. The van der Waals surface area contributed by atoms with Crippen LogP contribution in [0.1, 0.15) is 15.9 Å². The fourth-order valence-corrected chi connectivity index (χ4v) is 2.24. The molecule has 6 heteroatoms. The van der Waals surface area contributed by atoms with Crippen LogP contribution in [-0.4, -0.2) is 30.4 Å². The van der Waals surface area contributed by atoms with E-state index in [-0.39, 0.29) is 19.0 Å². The monoisotopic (exact) mass is 313 g/mol. The quantitative estimate of drug-likeness (QED) is 0.788. The Balaban J connectivity index is 2.27. The number of nitrogen functional groups attached to an aromatic ring is 1. The van der Waals surface area contributed by atoms with Crippen LogP contribution in [0.2, 0.25) is 0 Å². The summed E-state index contributed by atoms with van der Waals surface area (Å²) in [5.41, 5.74) is 12.6. The van der Waals surface area contributed by atoms with Gasteiger partial charge in [-0.25, -0.2) is 0 Å². The molecular formula is C17H19N3O3. The van der Waals surface area contributed by atoms with Crippen LogP contribution >= 0.6 is 0 Å². The van der Waals surface area contributed by atoms with Crippen molar-refractivity contribution in [1.82, 2.24) is 4.90 Å². The average molecular weight is 313 g/mol. The van der Waals surface area contributed by atoms with E-state index >= 15 is 0 Å². The van der Waals surface area contributed by atoms with E-state index in [1.807, 2.05) is 12.1 Å². The normalized spacial score (nSPS) is 10.1. The maximum atomic E-state index is 12.7. The highest BCUT2D eigenvalue weighted by atomic mass is 16.5. The Morgan fingerprint density at radius 1 is 1.13 bits per heavy atom. The molecule has 0 unspecified atom stereocenters. The van der Waals surface area contributed by atoms with Gasteiger partial charge < -0.3 is 21.1 Å². The fraction of sp³-hybridized carbons (Fsp3) is 0.176. The summed E-state index contributed by atoms with van der Waals surface area (Å²) >= 11 is 0. The molecule has 2 aromatic carbocycles. The van der Waals surface area contributed by atoms with Crippen molar-refractivity contribution in [2.75, 3.05) is 19.4 Å². The first-order valence-electron chi connectivity index (χ1n) is 7.06. The summed E-state index contributed by atoms with van der Waals surface area (Å²) in [4.78, 5) is 25.3. The number of ether oxygens (including phenoxy) is 1. The Bertz CT molecular complexity index is 716. The second kappa shape index (κ2) is 7.31. The van der Waals surface area contributed by atoms with Gasteiger partial charge in [0.25, 0.3) is 5.91 Å². The van der Waals surface area contributed by atoms with E-state index in [2.05, 4.69) is 0 Å². The van der Waals surface area contributed by atoms with E-state index in [1.54, 1.807) is 43.5 Å². The number of carbonyl (C=O) groups is 2. The summed E-state index contributed by atoms with van der Waals surface area (Å²) in [6.45, 7) is 0.0394. The summed E-state index contributed by atoms with van der Waals surface area (Å²) in [7, 11) is 1.57. The lowest BCUT2D eigenvalue weighted by atomic mass is 10.1. The van der Waals surface area contributed by atoms with E-state index in [4.69, 9.17) is 16.2 Å². The van der Waals surface area contributed by atoms with Crippen molar-refractivity contribution in [2.24, 2.45) is 5.73 Å². The Morgan fingerprint density at radius 3 is 2.52 bits per heavy atom. The standard InChI is InChI=1S/C17H19N3O3/c1-23-13-6-4-5-12(9-13)10-20(11-16(19)21)17(22)14-7-2-3-8-15(14)18/h2-9H,10-11,18H2,1H3,(H2,19,21). The predicted molar refractivity (Wildman–Crippen MR) is 87.8 cm³/mol. The number of rotatable bonds is 6. The summed E-state index contributed by atoms with van der Waals surface area (Å²) < 4.78 is 5.17. The molecule has 0 atom stereocenters. The number of methoxy groups -OCH3 is 1. The van der Waals surface area contributed by atoms with Crippen LogP contribution in [-0.2, 0) is 11.3 Å². The number of amides is 2. The van der Waals surface area contributed by atoms with Crippen LogP contribution in [0.25, 0.3) is 0 Å². The second-order valence-corrected chi connectivity index (χ2v) is 5.07. The van der Waals surface area contributed by atoms with Crippen molar-refractivity contribution in [2.45, 2.75) is 6.54 Å². The topological polar surface area (TPSA) is 98.6 Å². The first kappa shape index (κ1) is 16.4. The number of anilines is 1. The van der Waals surface area contributed by atoms with E-state index in [0.717, 1.165) is 5.56 Å². The van der Waals surface area contributed by atoms with Crippen molar-refractivity contribution in [3.63, 3.8) is 0 Å². The fourth-order valence-electron chi connectivity index (χ4n) is 2.24. The molecule has 0 saturated carbocycles. The molecule has 2 rings (SSSR count). The third-order valence-electron chi connectivity index (χ3n) is 3.33. The van der Waals surface area contributed by atoms with Gasteiger partial charge >= 0.3 is 0 Å². The molecular weight excluding hydrogens is 294 g/mol. The van der Waals surface area contributed by atoms with E-state index < -0.39 is 5.91 Å². The minimum absolute atomic E-state index is 0.190. The van der Waals surface area contributed by atoms with Gasteiger partial charge in [0.1, 0.15) is 5.75 Å². The van der Waals surface area contributed by atoms with Crippen molar-refractivity contribution in [3.8, 4) is 5.75 Å². The van der Waals surface area contributed by atoms with Crippen molar-refractivity contribution in [3.05, 3.63) is 59.7 Å². The highest BCUT2D eigenvalue weighted by molar-refractivity contribution is 6.00. The van der Waals surface area contributed by atoms with Crippen LogP contribution in [0.5, 0.6) is 5.75 Å². The van der Waals surface area contributed by atoms with Gasteiger partial charge in [-0.1, -0.05) is 24.3 Å². The molecule has 2 amide bonds. The highest BCUT2D eigenvalue weighted by Crippen LogP contribution is 2.18. The highest BCUT2D eigenvalue weighted by Gasteiger charge is 2.20. The zero-order valence-electron chi connectivity index (χ0n) is 12.9. The summed E-state index contributed by atoms with van der Waals surface area (Å²) in [6, 6.07) is 14.0. The van der Waals surface area contributed by atoms with Crippen LogP contribution < -0.4 is 16.2 Å². The molecule has 0 aliphatic heterocycles. The molecule has 0 fully saturated rings. The summed E-state index contributed by atoms with van der Waals surface area (Å²) in [5, 5.41) is 0. The van der Waals surface area contributed by atoms with Gasteiger partial charge in [-0.05, 0) is 29.8 Å². The number of para-hydroxylation sites is 1. The zero-order chi connectivity index (χ0) is 16.8. The SMILES string of the molecule is COc1cccc(CN(CC(N)=O)C(=O)c2ccccc2N)c1. The van der Waals surface area contributed by atoms with Gasteiger partial charge in [-0.15, -0.1) is 0 Å². The minimum atomic E-state index is -0.587. The van der Waals surface area contributed by atoms with E-state index in [9.17, 15) is 9.59 Å². The Morgan fingerprint density at radius 2 is 1.87 bits per heavy atom. The number of hydrogen-bond acceptors (Lipinski definition) is 4. The smallest absolute Gasteiger partial charge is 0.256 e. The number of benzene rings is 2. The van der Waals surface area contributed by atoms with Crippen molar-refractivity contribution < 1.29 is 14.3 Å². The Hall–Kier alpha value is -3.02. The zero-order valence-corrected chi connectivity index (χ0v) is 12.9. The number of primary amides is 1. The molecule has 0 spiro atoms. The van der Waals surface area contributed by atoms with Gasteiger partial charge in [-0.2, -0.15) is 0 Å². The van der Waals surface area contributed by atoms with Gasteiger partial charge in [-0.3, -0.25) is 9.59 Å². The number of nitrogens with two attached hydrogens (primary N) is 2. The van der Waals surface area contributed by atoms with Crippen LogP contribution in [0.15, 0.2) is 48.5 Å². The molecule has 6 nitrogen and oxygen atoms in total. The summed E-state index contributed by atoms with van der Waals surface area (Å²) in [5.74, 6) is -0.256. The third-order valence-corrected chi connectivity index (χ3v) is 3.33. The Labute approximate surface area is 134 Å². The van der Waals surface area contributed by atoms with Gasteiger partial charge in [0.2, 0.25) is 5.91 Å². The van der Waals surface area contributed by atoms with Gasteiger partial charge in [0, 0.05) is 12.2 Å². The first-order valence-corrected chi connectivity index (χ1v) is 7.06. The third kappa shape index (κ3) is 4.23. The minimum Gasteiger partial charge on any atom is -0.497 e. The Kier molecular flexibility index (Phi) is 5.19. The number of carbonyl (C=O) groups excluding carboxylic acids is 2. The van der Waals surface area contributed by atoms with Crippen LogP contribution in [0, 0.1) is 0 Å². The molecule has 2 aromatic rings. The molecule has 120 valence electrons. The maximum Gasteiger partial charge on any atom is 0.256 e. The lowest BCUT2D eigenvalue weighted by molar-refractivity contribution is -0.118. The first-order chi connectivity index (χ1) is 11.0. The van der Waals surface area contributed by atoms with Crippen molar-refractivity contribution >= 4 is 17.5 Å². The lowest BCUT2D eigenvalue weighted by Gasteiger charge is -2.22. The van der Waals surface area contributed by atoms with Crippen molar-refractivity contribution in [1.29, 1.82) is 0 Å². The van der Waals surface area contributed by atoms with Crippen LogP contribution in [0.3, 0.4) is 0 Å². The number of hydrogen-bond donors (Lipinski definition) is 2. The van der Waals surface area contributed by atoms with Gasteiger partial charge in [0.05, 0.1) is 19.2 Å². The summed E-state index contributed by atoms with van der Waals surface area (Å²) in [6.07, 6.45) is 0. The molecule has 0 aliphatic rings. The second-order valence-electron chi connectivity index (χ2n) is 5.07. The lowest BCUT2D eigenvalue weighted by Crippen LogP contribution is -2.38. The molecule has 0 saturated heterocycles. The van der Waals surface area contributed by atoms with E-state index in [0.29, 0.717) is 17.0 Å². The molecule has 0 bridgehead atoms. The molecule has 0 aliphatic carbocycles. The molecule has 23 heavy (non-hydrogen) atoms. The molecule has 4 N–H and O–H groups in total. The van der Waals surface area contributed by atoms with E-state index in [1.165, 1.54) is 4.90 Å². The van der Waals surface area contributed by atoms with Crippen LogP contribution in [0.4, 0.5) is 5.69 Å². The molecule has 0 heterocycles. The molecule has 0 aromatic heterocycles. The largest absolute Gasteiger partial charge is 0.497 e. The number of nitrogens with zero attached hydrogens (tertiary/aromatic N) is 1. The van der Waals surface area contributed by atoms with Gasteiger partial charge in [0.15, 0.2) is 0 Å². The average Bonchev–Trinajstić information content (AvgIpc) is 2.54. The predicted octanol–water partition coefficient (Wildman–Crippen LogP) is 1.41. The molecule has 0 radical (unpaired) electrons.